The van der Waals surface area contributed by atoms with Crippen molar-refractivity contribution in [2.75, 3.05) is 16.8 Å². The van der Waals surface area contributed by atoms with E-state index >= 15 is 0 Å². The second-order valence-corrected chi connectivity index (χ2v) is 5.98. The lowest BCUT2D eigenvalue weighted by Gasteiger charge is -2.24. The van der Waals surface area contributed by atoms with Gasteiger partial charge in [0.1, 0.15) is 12.4 Å². The minimum atomic E-state index is -0.396. The molecule has 2 aromatic carbocycles. The molecule has 0 spiro atoms. The van der Waals surface area contributed by atoms with Crippen molar-refractivity contribution in [1.29, 1.82) is 0 Å². The molecule has 0 aliphatic rings. The van der Waals surface area contributed by atoms with Gasteiger partial charge in [-0.15, -0.1) is 0 Å². The highest BCUT2D eigenvalue weighted by Crippen LogP contribution is 2.31. The highest BCUT2D eigenvalue weighted by Gasteiger charge is 2.20. The first-order chi connectivity index (χ1) is 11.3. The van der Waals surface area contributed by atoms with E-state index in [-0.39, 0.29) is 18.3 Å². The Morgan fingerprint density at radius 2 is 1.79 bits per heavy atom. The van der Waals surface area contributed by atoms with Crippen LogP contribution in [0.25, 0.3) is 0 Å². The normalized spacial score (nSPS) is 10.4. The number of rotatable bonds is 4. The van der Waals surface area contributed by atoms with Crippen LogP contribution in [0.3, 0.4) is 0 Å². The molecule has 2 rings (SSSR count). The van der Waals surface area contributed by atoms with Gasteiger partial charge in [0.25, 0.3) is 0 Å². The van der Waals surface area contributed by atoms with Crippen molar-refractivity contribution >= 4 is 34.8 Å². The molecule has 0 radical (unpaired) electrons. The van der Waals surface area contributed by atoms with Crippen LogP contribution >= 0.6 is 11.6 Å². The summed E-state index contributed by atoms with van der Waals surface area (Å²) in [4.78, 5) is 25.6. The molecule has 0 aliphatic heterocycles. The third kappa shape index (κ3) is 4.32. The first-order valence-corrected chi connectivity index (χ1v) is 7.76. The molecule has 1 N–H and O–H groups in total. The van der Waals surface area contributed by atoms with E-state index in [9.17, 15) is 14.0 Å². The number of benzene rings is 2. The van der Waals surface area contributed by atoms with Crippen LogP contribution in [0.5, 0.6) is 0 Å². The molecule has 0 saturated heterocycles. The Morgan fingerprint density at radius 1 is 1.17 bits per heavy atom. The van der Waals surface area contributed by atoms with Crippen LogP contribution in [-0.2, 0) is 9.59 Å². The topological polar surface area (TPSA) is 49.4 Å². The van der Waals surface area contributed by atoms with Gasteiger partial charge in [0.15, 0.2) is 0 Å². The predicted octanol–water partition coefficient (Wildman–Crippen LogP) is 4.09. The van der Waals surface area contributed by atoms with Crippen LogP contribution in [0.15, 0.2) is 36.4 Å². The van der Waals surface area contributed by atoms with Crippen LogP contribution in [0.2, 0.25) is 5.02 Å². The van der Waals surface area contributed by atoms with Crippen molar-refractivity contribution in [1.82, 2.24) is 0 Å². The summed E-state index contributed by atoms with van der Waals surface area (Å²) < 4.78 is 12.9. The average molecular weight is 349 g/mol. The number of halogens is 2. The van der Waals surface area contributed by atoms with Gasteiger partial charge >= 0.3 is 0 Å². The molecule has 0 unspecified atom stereocenters. The zero-order valence-electron chi connectivity index (χ0n) is 13.7. The second kappa shape index (κ2) is 7.45. The third-order valence-electron chi connectivity index (χ3n) is 3.48. The molecule has 126 valence electrons. The van der Waals surface area contributed by atoms with E-state index < -0.39 is 5.91 Å². The van der Waals surface area contributed by atoms with Gasteiger partial charge in [0.2, 0.25) is 11.8 Å². The summed E-state index contributed by atoms with van der Waals surface area (Å²) in [6, 6.07) is 9.05. The van der Waals surface area contributed by atoms with Gasteiger partial charge in [0, 0.05) is 12.6 Å². The minimum absolute atomic E-state index is 0.184. The van der Waals surface area contributed by atoms with E-state index in [1.165, 1.54) is 36.1 Å². The Morgan fingerprint density at radius 3 is 2.33 bits per heavy atom. The highest BCUT2D eigenvalue weighted by molar-refractivity contribution is 6.34. The third-order valence-corrected chi connectivity index (χ3v) is 3.77. The highest BCUT2D eigenvalue weighted by atomic mass is 35.5. The SMILES string of the molecule is CC(=O)N(CC(=O)Nc1ccc(F)cc1)c1c(C)cc(C)cc1Cl. The van der Waals surface area contributed by atoms with Crippen LogP contribution < -0.4 is 10.2 Å². The number of nitrogens with one attached hydrogen (secondary N) is 1. The number of nitrogens with zero attached hydrogens (tertiary/aromatic N) is 1. The smallest absolute Gasteiger partial charge is 0.244 e. The maximum absolute atomic E-state index is 12.9. The quantitative estimate of drug-likeness (QED) is 0.904. The van der Waals surface area contributed by atoms with Gasteiger partial charge in [0.05, 0.1) is 10.7 Å². The van der Waals surface area contributed by atoms with Crippen LogP contribution in [-0.4, -0.2) is 18.4 Å². The molecule has 0 fully saturated rings. The molecule has 6 heteroatoms. The predicted molar refractivity (Wildman–Crippen MR) is 94.0 cm³/mol. The maximum atomic E-state index is 12.9. The van der Waals surface area contributed by atoms with Gasteiger partial charge in [-0.2, -0.15) is 0 Å². The van der Waals surface area contributed by atoms with Crippen molar-refractivity contribution in [2.24, 2.45) is 0 Å². The molecule has 0 aromatic heterocycles. The molecule has 24 heavy (non-hydrogen) atoms. The standard InChI is InChI=1S/C18H18ClFN2O2/c1-11-8-12(2)18(16(19)9-11)22(13(3)23)10-17(24)21-15-6-4-14(20)5-7-15/h4-9H,10H2,1-3H3,(H,21,24). The van der Waals surface area contributed by atoms with Gasteiger partial charge in [-0.3, -0.25) is 9.59 Å². The summed E-state index contributed by atoms with van der Waals surface area (Å²) in [6.07, 6.45) is 0. The van der Waals surface area contributed by atoms with Crippen LogP contribution in [0.4, 0.5) is 15.8 Å². The molecular formula is C18H18ClFN2O2. The summed E-state index contributed by atoms with van der Waals surface area (Å²) in [5.74, 6) is -1.08. The van der Waals surface area contributed by atoms with Gasteiger partial charge in [-0.1, -0.05) is 17.7 Å². The lowest BCUT2D eigenvalue weighted by Crippen LogP contribution is -2.37. The fourth-order valence-corrected chi connectivity index (χ4v) is 2.90. The Hall–Kier alpha value is -2.40. The van der Waals surface area contributed by atoms with Gasteiger partial charge in [-0.25, -0.2) is 4.39 Å². The summed E-state index contributed by atoms with van der Waals surface area (Å²) in [5, 5.41) is 3.05. The maximum Gasteiger partial charge on any atom is 0.244 e. The number of amides is 2. The number of carbonyl (C=O) groups is 2. The molecule has 2 aromatic rings. The molecule has 0 saturated carbocycles. The van der Waals surface area contributed by atoms with Crippen LogP contribution in [0, 0.1) is 19.7 Å². The van der Waals surface area contributed by atoms with Crippen LogP contribution in [0.1, 0.15) is 18.1 Å². The largest absolute Gasteiger partial charge is 0.325 e. The first-order valence-electron chi connectivity index (χ1n) is 7.38. The summed E-state index contributed by atoms with van der Waals surface area (Å²) in [5.41, 5.74) is 2.76. The monoisotopic (exact) mass is 348 g/mol. The lowest BCUT2D eigenvalue weighted by molar-refractivity contribution is -0.120. The molecule has 0 bridgehead atoms. The van der Waals surface area contributed by atoms with E-state index in [0.717, 1.165) is 11.1 Å². The number of aryl methyl sites for hydroxylation is 2. The Bertz CT molecular complexity index is 752. The van der Waals surface area contributed by atoms with Crippen molar-refractivity contribution in [3.63, 3.8) is 0 Å². The Labute approximate surface area is 145 Å². The molecule has 0 atom stereocenters. The Balaban J connectivity index is 2.21. The molecule has 4 nitrogen and oxygen atoms in total. The first kappa shape index (κ1) is 17.9. The number of carbonyl (C=O) groups excluding carboxylic acids is 2. The number of hydrogen-bond acceptors (Lipinski definition) is 2. The second-order valence-electron chi connectivity index (χ2n) is 5.57. The van der Waals surface area contributed by atoms with E-state index in [2.05, 4.69) is 5.32 Å². The average Bonchev–Trinajstić information content (AvgIpc) is 2.47. The summed E-state index contributed by atoms with van der Waals surface area (Å²) in [6.45, 7) is 4.93. The van der Waals surface area contributed by atoms with Crippen molar-refractivity contribution in [3.05, 3.63) is 58.4 Å². The fraction of sp³-hybridized carbons (Fsp3) is 0.222. The summed E-state index contributed by atoms with van der Waals surface area (Å²) in [7, 11) is 0. The lowest BCUT2D eigenvalue weighted by atomic mass is 10.1. The van der Waals surface area contributed by atoms with E-state index in [1.54, 1.807) is 6.07 Å². The summed E-state index contributed by atoms with van der Waals surface area (Å²) >= 11 is 6.27. The zero-order chi connectivity index (χ0) is 17.9. The van der Waals surface area contributed by atoms with Crippen molar-refractivity contribution < 1.29 is 14.0 Å². The minimum Gasteiger partial charge on any atom is -0.325 e. The van der Waals surface area contributed by atoms with E-state index in [1.807, 2.05) is 19.9 Å². The number of hydrogen-bond donors (Lipinski definition) is 1. The zero-order valence-corrected chi connectivity index (χ0v) is 14.4. The van der Waals surface area contributed by atoms with Gasteiger partial charge < -0.3 is 10.2 Å². The number of anilines is 2. The molecular weight excluding hydrogens is 331 g/mol. The molecule has 0 heterocycles. The fourth-order valence-electron chi connectivity index (χ4n) is 2.48. The van der Waals surface area contributed by atoms with Crippen molar-refractivity contribution in [3.8, 4) is 0 Å². The van der Waals surface area contributed by atoms with Crippen molar-refractivity contribution in [2.45, 2.75) is 20.8 Å². The molecule has 0 aliphatic carbocycles. The van der Waals surface area contributed by atoms with E-state index in [0.29, 0.717) is 16.4 Å². The molecule has 2 amide bonds. The van der Waals surface area contributed by atoms with Gasteiger partial charge in [-0.05, 0) is 55.3 Å². The van der Waals surface area contributed by atoms with E-state index in [4.69, 9.17) is 11.6 Å². The Kier molecular flexibility index (Phi) is 5.57.